The Morgan fingerprint density at radius 2 is 0.919 bits per heavy atom. The first-order valence-electron chi connectivity index (χ1n) is 30.7. The van der Waals surface area contributed by atoms with Crippen molar-refractivity contribution in [1.29, 1.82) is 0 Å². The van der Waals surface area contributed by atoms with Crippen LogP contribution in [0.1, 0.15) is 198 Å². The van der Waals surface area contributed by atoms with Crippen LogP contribution in [0.25, 0.3) is 0 Å². The van der Waals surface area contributed by atoms with Crippen LogP contribution in [0.5, 0.6) is 17.2 Å². The summed E-state index contributed by atoms with van der Waals surface area (Å²) in [7, 11) is -7.68. The quantitative estimate of drug-likeness (QED) is 0.0178. The molecule has 0 bridgehead atoms. The van der Waals surface area contributed by atoms with E-state index in [0.717, 1.165) is 131 Å². The Bertz CT molecular complexity index is 2600. The van der Waals surface area contributed by atoms with Gasteiger partial charge in [0.2, 0.25) is 0 Å². The molecule has 6 unspecified atom stereocenters. The number of unbranched alkanes of at least 4 members (excludes halogenated alkanes) is 6. The van der Waals surface area contributed by atoms with Gasteiger partial charge >= 0.3 is 74.1 Å². The maximum atomic E-state index is 13.1. The molecule has 3 aliphatic rings. The van der Waals surface area contributed by atoms with E-state index < -0.39 is 39.8 Å². The molecular formula is C66H92BBrF5KO11S. The zero-order valence-electron chi connectivity index (χ0n) is 51.2. The first-order valence-corrected chi connectivity index (χ1v) is 32.9. The Labute approximate surface area is 560 Å². The van der Waals surface area contributed by atoms with Gasteiger partial charge < -0.3 is 29.6 Å². The average Bonchev–Trinajstić information content (AvgIpc) is 3.66. The van der Waals surface area contributed by atoms with Gasteiger partial charge in [-0.05, 0) is 180 Å². The molecule has 0 heterocycles. The fourth-order valence-corrected chi connectivity index (χ4v) is 12.1. The van der Waals surface area contributed by atoms with Gasteiger partial charge in [0.25, 0.3) is 0 Å². The summed E-state index contributed by atoms with van der Waals surface area (Å²) in [5, 5.41) is 26.6. The number of ether oxygens (including phenoxy) is 1. The van der Waals surface area contributed by atoms with E-state index in [2.05, 4.69) is 65.1 Å². The summed E-state index contributed by atoms with van der Waals surface area (Å²) in [6.45, 7) is 8.42. The van der Waals surface area contributed by atoms with Crippen molar-refractivity contribution in [1.82, 2.24) is 0 Å². The van der Waals surface area contributed by atoms with Crippen LogP contribution in [-0.4, -0.2) is 65.6 Å². The normalized spacial score (nSPS) is 19.4. The molecule has 7 rings (SSSR count). The van der Waals surface area contributed by atoms with E-state index >= 15 is 0 Å². The SMILES string of the molecule is CCCCCC1CCC(CCc2ccc(Br)cc2)CC1=O.CCCCCC1CCC(CCc2ccc(O)cc2)CC1=O.CCCCCC1CCC(CCc2ccc(OS(=O)(=O)C(F)(F)F)cc2)CC1=O.CCOc1ccc(B(O)O)c(F)c1F.[K+].[OH-]. The third-order valence-corrected chi connectivity index (χ3v) is 18.0. The number of halogens is 6. The number of benzene rings is 4. The number of phenolic OH excluding ortho intramolecular Hbond substituents is 1. The van der Waals surface area contributed by atoms with Crippen LogP contribution in [0, 0.1) is 47.1 Å². The molecule has 3 aliphatic carbocycles. The van der Waals surface area contributed by atoms with Gasteiger partial charge in [-0.1, -0.05) is 137 Å². The van der Waals surface area contributed by atoms with Crippen molar-refractivity contribution in [2.24, 2.45) is 35.5 Å². The van der Waals surface area contributed by atoms with Crippen LogP contribution in [0.15, 0.2) is 89.4 Å². The number of aromatic hydroxyl groups is 1. The van der Waals surface area contributed by atoms with Gasteiger partial charge in [-0.2, -0.15) is 26.0 Å². The fourth-order valence-electron chi connectivity index (χ4n) is 11.4. The summed E-state index contributed by atoms with van der Waals surface area (Å²) < 4.78 is 95.1. The number of rotatable bonds is 26. The molecule has 474 valence electrons. The maximum absolute atomic E-state index is 13.1. The second-order valence-corrected chi connectivity index (χ2v) is 25.5. The molecule has 86 heavy (non-hydrogen) atoms. The molecule has 4 aromatic rings. The number of ketones is 3. The Balaban J connectivity index is 0.000000398. The van der Waals surface area contributed by atoms with Gasteiger partial charge in [0.05, 0.1) is 6.61 Å². The number of hydrogen-bond acceptors (Lipinski definition) is 11. The summed E-state index contributed by atoms with van der Waals surface area (Å²) in [6, 6.07) is 23.8. The molecule has 11 nitrogen and oxygen atoms in total. The van der Waals surface area contributed by atoms with E-state index in [1.54, 1.807) is 31.2 Å². The van der Waals surface area contributed by atoms with Crippen LogP contribution < -0.4 is 65.8 Å². The van der Waals surface area contributed by atoms with E-state index in [4.69, 9.17) is 14.8 Å². The second kappa shape index (κ2) is 42.1. The van der Waals surface area contributed by atoms with Crippen LogP contribution >= 0.6 is 15.9 Å². The minimum Gasteiger partial charge on any atom is -0.870 e. The topological polar surface area (TPSA) is 194 Å². The number of carbonyl (C=O) groups excluding carboxylic acids is 3. The predicted molar refractivity (Wildman–Crippen MR) is 328 cm³/mol. The second-order valence-electron chi connectivity index (χ2n) is 23.0. The van der Waals surface area contributed by atoms with Crippen LogP contribution in [0.3, 0.4) is 0 Å². The summed E-state index contributed by atoms with van der Waals surface area (Å²) >= 11 is 3.47. The van der Waals surface area contributed by atoms with Crippen LogP contribution in [-0.2, 0) is 43.8 Å². The zero-order chi connectivity index (χ0) is 61.7. The molecule has 0 amide bonds. The van der Waals surface area contributed by atoms with Crippen molar-refractivity contribution in [2.75, 3.05) is 6.61 Å². The maximum Gasteiger partial charge on any atom is 1.00 e. The van der Waals surface area contributed by atoms with Crippen molar-refractivity contribution < 1.29 is 126 Å². The van der Waals surface area contributed by atoms with Crippen molar-refractivity contribution >= 4 is 56.0 Å². The number of alkyl halides is 3. The molecule has 3 saturated carbocycles. The third-order valence-electron chi connectivity index (χ3n) is 16.5. The van der Waals surface area contributed by atoms with Crippen molar-refractivity contribution in [2.45, 2.75) is 207 Å². The van der Waals surface area contributed by atoms with Gasteiger partial charge in [0.1, 0.15) is 28.8 Å². The minimum atomic E-state index is -5.65. The standard InChI is InChI=1S/C20H27F3O4S.C19H27BrO.C19H28O2.C8H9BF2O3.K.H2O/c1-2-3-4-5-17-11-8-16(14-19(17)24)7-6-15-9-12-18(13-10-15)27-28(25,26)20(21,22)23;2*1-2-3-4-5-17-11-8-16(14-19(17)21)7-6-15-9-12-18(20)13-10-15;1-2-14-6-4-3-5(9(12)13)7(10)8(6)11;;/h9-10,12-13,16-17H,2-8,11,14H2,1H3;9-10,12-13,16-17H,2-8,11,14H2,1H3;9-10,12-13,16-17,20H,2-8,11,14H2,1H3;3-4,12-13H,2H2,1H3;;1H2/q;;;;+1;/p-1. The van der Waals surface area contributed by atoms with Gasteiger partial charge in [0.15, 0.2) is 17.4 Å². The summed E-state index contributed by atoms with van der Waals surface area (Å²) in [5.41, 5.74) is -2.45. The molecule has 0 radical (unpaired) electrons. The fraction of sp³-hybridized carbons (Fsp3) is 0.591. The summed E-state index contributed by atoms with van der Waals surface area (Å²) in [5.74, 6) is 1.04. The first kappa shape index (κ1) is 79.0. The molecule has 20 heteroatoms. The Morgan fingerprint density at radius 3 is 1.26 bits per heavy atom. The molecule has 3 fully saturated rings. The smallest absolute Gasteiger partial charge is 0.870 e. The van der Waals surface area contributed by atoms with E-state index in [1.165, 1.54) is 74.6 Å². The molecular weight excluding hydrogens is 1230 g/mol. The third kappa shape index (κ3) is 28.8. The van der Waals surface area contributed by atoms with Gasteiger partial charge in [0, 0.05) is 47.0 Å². The van der Waals surface area contributed by atoms with E-state index in [-0.39, 0.29) is 80.9 Å². The van der Waals surface area contributed by atoms with E-state index in [0.29, 0.717) is 65.5 Å². The van der Waals surface area contributed by atoms with E-state index in [9.17, 15) is 49.9 Å². The van der Waals surface area contributed by atoms with Crippen LogP contribution in [0.2, 0.25) is 0 Å². The van der Waals surface area contributed by atoms with Gasteiger partial charge in [-0.15, -0.1) is 0 Å². The minimum absolute atomic E-state index is 0. The Kier molecular flexibility index (Phi) is 38.7. The van der Waals surface area contributed by atoms with Crippen molar-refractivity contribution in [3.05, 3.63) is 118 Å². The number of Topliss-reactive ketones (excluding diaryl/α,β-unsaturated/α-hetero) is 3. The average molecular weight is 1320 g/mol. The number of hydrogen-bond donors (Lipinski definition) is 3. The zero-order valence-corrected chi connectivity index (χ0v) is 56.8. The largest absolute Gasteiger partial charge is 1.00 e. The van der Waals surface area contributed by atoms with Crippen molar-refractivity contribution in [3.8, 4) is 17.2 Å². The predicted octanol–water partition coefficient (Wildman–Crippen LogP) is 13.1. The number of aryl methyl sites for hydroxylation is 3. The number of phenols is 1. The number of carbonyl (C=O) groups is 3. The molecule has 4 aromatic carbocycles. The molecule has 0 aromatic heterocycles. The monoisotopic (exact) mass is 1320 g/mol. The molecule has 0 spiro atoms. The van der Waals surface area contributed by atoms with Gasteiger partial charge in [-0.25, -0.2) is 4.39 Å². The summed E-state index contributed by atoms with van der Waals surface area (Å²) in [4.78, 5) is 36.8. The Hall–Kier alpha value is -3.05. The molecule has 6 atom stereocenters. The molecule has 4 N–H and O–H groups in total. The molecule has 0 saturated heterocycles. The first-order chi connectivity index (χ1) is 40.1. The van der Waals surface area contributed by atoms with Crippen LogP contribution in [0.4, 0.5) is 22.0 Å². The summed E-state index contributed by atoms with van der Waals surface area (Å²) in [6.07, 6.45) is 28.9. The van der Waals surface area contributed by atoms with Gasteiger partial charge in [-0.3, -0.25) is 14.4 Å². The van der Waals surface area contributed by atoms with Crippen molar-refractivity contribution in [3.63, 3.8) is 0 Å². The Morgan fingerprint density at radius 1 is 0.547 bits per heavy atom. The molecule has 0 aliphatic heterocycles. The van der Waals surface area contributed by atoms with E-state index in [1.807, 2.05) is 12.1 Å².